The highest BCUT2D eigenvalue weighted by atomic mass is 32.2. The second-order valence-electron chi connectivity index (χ2n) is 12.8. The first kappa shape index (κ1) is 33.8. The van der Waals surface area contributed by atoms with E-state index in [4.69, 9.17) is 0 Å². The maximum Gasteiger partial charge on any atom is 0.295 e. The Labute approximate surface area is 280 Å². The number of benzene rings is 4. The van der Waals surface area contributed by atoms with E-state index >= 15 is 0 Å². The van der Waals surface area contributed by atoms with Gasteiger partial charge in [-0.2, -0.15) is 13.0 Å². The van der Waals surface area contributed by atoms with Gasteiger partial charge in [0.25, 0.3) is 10.1 Å². The monoisotopic (exact) mass is 645 g/mol. The van der Waals surface area contributed by atoms with Crippen LogP contribution in [-0.4, -0.2) is 36.3 Å². The minimum absolute atomic E-state index is 0.117. The van der Waals surface area contributed by atoms with Gasteiger partial charge in [-0.15, -0.1) is 0 Å². The quantitative estimate of drug-likeness (QED) is 0.123. The lowest BCUT2D eigenvalue weighted by Crippen LogP contribution is -2.19. The molecule has 0 aromatic heterocycles. The molecule has 0 saturated carbocycles. The highest BCUT2D eigenvalue weighted by molar-refractivity contribution is 7.86. The Morgan fingerprint density at radius 1 is 0.681 bits per heavy atom. The summed E-state index contributed by atoms with van der Waals surface area (Å²) in [5.74, 6) is 1.12. The first-order valence-electron chi connectivity index (χ1n) is 16.4. The predicted octanol–water partition coefficient (Wildman–Crippen LogP) is 9.88. The lowest BCUT2D eigenvalue weighted by molar-refractivity contribution is -0.440. The molecule has 0 heterocycles. The Kier molecular flexibility index (Phi) is 11.1. The van der Waals surface area contributed by atoms with Crippen LogP contribution in [-0.2, 0) is 10.1 Å². The van der Waals surface area contributed by atoms with Crippen LogP contribution in [0, 0.1) is 11.8 Å². The molecule has 1 aliphatic carbocycles. The van der Waals surface area contributed by atoms with E-state index in [0.29, 0.717) is 17.4 Å². The van der Waals surface area contributed by atoms with Gasteiger partial charge in [-0.1, -0.05) is 94.4 Å². The second-order valence-corrected chi connectivity index (χ2v) is 14.2. The van der Waals surface area contributed by atoms with Gasteiger partial charge in [0.15, 0.2) is 0 Å². The van der Waals surface area contributed by atoms with Crippen LogP contribution < -0.4 is 4.90 Å². The maximum absolute atomic E-state index is 12.6. The van der Waals surface area contributed by atoms with Crippen LogP contribution in [0.1, 0.15) is 51.7 Å². The molecule has 5 rings (SSSR count). The Hall–Kier alpha value is -4.52. The van der Waals surface area contributed by atoms with Crippen LogP contribution >= 0.6 is 0 Å². The molecule has 0 radical (unpaired) electrons. The summed E-state index contributed by atoms with van der Waals surface area (Å²) in [6, 6.07) is 35.7. The summed E-state index contributed by atoms with van der Waals surface area (Å²) in [5, 5.41) is 0. The van der Waals surface area contributed by atoms with E-state index in [9.17, 15) is 13.0 Å². The number of rotatable bonds is 12. The number of anilines is 2. The standard InChI is InChI=1S/C41H44N2O3S/c1-31(2)27-29-42(35-13-7-5-8-14-35)37-23-19-33(20-24-37)41(39-17-11-12-18-40(39)47(44,45)46)34-21-25-38(26-22-34)43(30-28-32(3)4)36-15-9-6-10-16-36/h5-26,31-32H,27-30H2,1-4H3/p+1. The van der Waals surface area contributed by atoms with Crippen molar-refractivity contribution >= 4 is 38.5 Å². The molecule has 0 unspecified atom stereocenters. The number of para-hydroxylation sites is 2. The van der Waals surface area contributed by atoms with Crippen LogP contribution in [0.5, 0.6) is 0 Å². The largest absolute Gasteiger partial charge is 0.341 e. The Bertz CT molecular complexity index is 1870. The Morgan fingerprint density at radius 3 is 1.83 bits per heavy atom. The van der Waals surface area contributed by atoms with Crippen molar-refractivity contribution in [2.45, 2.75) is 45.4 Å². The molecule has 0 aliphatic heterocycles. The zero-order chi connectivity index (χ0) is 33.4. The van der Waals surface area contributed by atoms with Crippen molar-refractivity contribution in [2.75, 3.05) is 18.0 Å². The molecule has 0 atom stereocenters. The molecule has 4 aromatic carbocycles. The number of hydrogen-bond acceptors (Lipinski definition) is 3. The van der Waals surface area contributed by atoms with Crippen LogP contribution in [0.25, 0.3) is 5.57 Å². The molecular weight excluding hydrogens is 601 g/mol. The first-order valence-corrected chi connectivity index (χ1v) is 17.9. The van der Waals surface area contributed by atoms with Crippen molar-refractivity contribution in [2.24, 2.45) is 11.8 Å². The van der Waals surface area contributed by atoms with E-state index < -0.39 is 10.1 Å². The van der Waals surface area contributed by atoms with Gasteiger partial charge in [-0.25, -0.2) is 0 Å². The third-order valence-electron chi connectivity index (χ3n) is 8.37. The highest BCUT2D eigenvalue weighted by Crippen LogP contribution is 2.36. The van der Waals surface area contributed by atoms with Crippen LogP contribution in [0.15, 0.2) is 144 Å². The number of nitrogens with zero attached hydrogens (tertiary/aromatic N) is 2. The highest BCUT2D eigenvalue weighted by Gasteiger charge is 2.23. The molecule has 242 valence electrons. The van der Waals surface area contributed by atoms with Gasteiger partial charge < -0.3 is 4.90 Å². The normalized spacial score (nSPS) is 13.0. The first-order chi connectivity index (χ1) is 22.6. The molecule has 0 fully saturated rings. The molecular formula is C41H45N2O3S+. The van der Waals surface area contributed by atoms with Crippen LogP contribution in [0.2, 0.25) is 0 Å². The zero-order valence-electron chi connectivity index (χ0n) is 27.8. The topological polar surface area (TPSA) is 60.6 Å². The molecule has 0 bridgehead atoms. The fraction of sp³-hybridized carbons (Fsp3) is 0.244. The van der Waals surface area contributed by atoms with Gasteiger partial charge in [0.2, 0.25) is 11.4 Å². The van der Waals surface area contributed by atoms with E-state index in [-0.39, 0.29) is 4.90 Å². The summed E-state index contributed by atoms with van der Waals surface area (Å²) >= 11 is 0. The van der Waals surface area contributed by atoms with Crippen molar-refractivity contribution in [1.29, 1.82) is 0 Å². The summed E-state index contributed by atoms with van der Waals surface area (Å²) in [7, 11) is -4.48. The van der Waals surface area contributed by atoms with Gasteiger partial charge >= 0.3 is 0 Å². The minimum Gasteiger partial charge on any atom is -0.341 e. The van der Waals surface area contributed by atoms with E-state index in [1.165, 1.54) is 6.07 Å². The fourth-order valence-corrected chi connectivity index (χ4v) is 6.50. The van der Waals surface area contributed by atoms with Crippen molar-refractivity contribution in [3.63, 3.8) is 0 Å². The molecule has 6 heteroatoms. The Morgan fingerprint density at radius 2 is 1.23 bits per heavy atom. The molecule has 0 amide bonds. The lowest BCUT2D eigenvalue weighted by atomic mass is 9.90. The van der Waals surface area contributed by atoms with Crippen molar-refractivity contribution in [3.05, 3.63) is 150 Å². The lowest BCUT2D eigenvalue weighted by Gasteiger charge is -2.26. The predicted molar refractivity (Wildman–Crippen MR) is 196 cm³/mol. The van der Waals surface area contributed by atoms with Crippen LogP contribution in [0.4, 0.5) is 17.1 Å². The molecule has 0 saturated heterocycles. The average Bonchev–Trinajstić information content (AvgIpc) is 3.07. The maximum atomic E-state index is 12.6. The molecule has 47 heavy (non-hydrogen) atoms. The fourth-order valence-electron chi connectivity index (χ4n) is 5.80. The number of hydrogen-bond donors (Lipinski definition) is 1. The van der Waals surface area contributed by atoms with E-state index in [1.807, 2.05) is 36.4 Å². The molecule has 0 spiro atoms. The average molecular weight is 646 g/mol. The molecule has 1 N–H and O–H groups in total. The Balaban J connectivity index is 1.62. The van der Waals surface area contributed by atoms with E-state index in [1.54, 1.807) is 18.2 Å². The van der Waals surface area contributed by atoms with E-state index in [2.05, 4.69) is 110 Å². The van der Waals surface area contributed by atoms with Gasteiger partial charge in [-0.3, -0.25) is 4.55 Å². The number of allylic oxidation sites excluding steroid dienone is 5. The molecule has 4 aromatic rings. The summed E-state index contributed by atoms with van der Waals surface area (Å²) < 4.78 is 37.8. The third-order valence-corrected chi connectivity index (χ3v) is 9.28. The second kappa shape index (κ2) is 15.4. The molecule has 5 nitrogen and oxygen atoms in total. The van der Waals surface area contributed by atoms with Crippen LogP contribution in [0.3, 0.4) is 0 Å². The van der Waals surface area contributed by atoms with Gasteiger partial charge in [0, 0.05) is 54.2 Å². The molecule has 1 aliphatic rings. The van der Waals surface area contributed by atoms with Gasteiger partial charge in [-0.05, 0) is 77.5 Å². The minimum atomic E-state index is -4.48. The third kappa shape index (κ3) is 8.64. The summed E-state index contributed by atoms with van der Waals surface area (Å²) in [4.78, 5) is 2.20. The van der Waals surface area contributed by atoms with Crippen molar-refractivity contribution in [3.8, 4) is 0 Å². The summed E-state index contributed by atoms with van der Waals surface area (Å²) in [6.07, 6.45) is 10.4. The van der Waals surface area contributed by atoms with Crippen molar-refractivity contribution < 1.29 is 17.5 Å². The smallest absolute Gasteiger partial charge is 0.295 e. The van der Waals surface area contributed by atoms with Crippen molar-refractivity contribution in [1.82, 2.24) is 0 Å². The van der Waals surface area contributed by atoms with Gasteiger partial charge in [0.05, 0.1) is 0 Å². The zero-order valence-corrected chi connectivity index (χ0v) is 28.6. The SMILES string of the molecule is CC(C)CCN(c1ccccc1)c1ccc(C(=C2C=CC(=[N+](CCC(C)C)c3ccccc3)C=C2)c2ccccc2S(=O)(=O)O)cc1. The summed E-state index contributed by atoms with van der Waals surface area (Å²) in [5.41, 5.74) is 7.26. The van der Waals surface area contributed by atoms with Gasteiger partial charge in [0.1, 0.15) is 11.4 Å². The summed E-state index contributed by atoms with van der Waals surface area (Å²) in [6.45, 7) is 10.7. The van der Waals surface area contributed by atoms with E-state index in [0.717, 1.165) is 65.4 Å².